The zero-order valence-electron chi connectivity index (χ0n) is 11.6. The van der Waals surface area contributed by atoms with Crippen LogP contribution >= 0.6 is 0 Å². The largest absolute Gasteiger partial charge is 0.384 e. The Morgan fingerprint density at radius 3 is 2.79 bits per heavy atom. The molecule has 1 aromatic rings. The summed E-state index contributed by atoms with van der Waals surface area (Å²) in [4.78, 5) is 16.2. The normalized spacial score (nSPS) is 13.8. The van der Waals surface area contributed by atoms with Gasteiger partial charge in [-0.2, -0.15) is 0 Å². The summed E-state index contributed by atoms with van der Waals surface area (Å²) in [5.74, 6) is 0.145. The van der Waals surface area contributed by atoms with Gasteiger partial charge in [0.2, 0.25) is 0 Å². The zero-order chi connectivity index (χ0) is 14.4. The van der Waals surface area contributed by atoms with E-state index in [1.54, 1.807) is 18.4 Å². The average Bonchev–Trinajstić information content (AvgIpc) is 2.35. The van der Waals surface area contributed by atoms with Crippen LogP contribution in [0.5, 0.6) is 0 Å². The van der Waals surface area contributed by atoms with E-state index in [-0.39, 0.29) is 11.2 Å². The first-order valence-corrected chi connectivity index (χ1v) is 7.93. The maximum absolute atomic E-state index is 12.0. The van der Waals surface area contributed by atoms with Gasteiger partial charge in [0, 0.05) is 40.1 Å². The Hall–Kier alpha value is -1.43. The van der Waals surface area contributed by atoms with Crippen LogP contribution in [0.25, 0.3) is 0 Å². The third kappa shape index (κ3) is 4.98. The summed E-state index contributed by atoms with van der Waals surface area (Å²) in [7, 11) is -0.947. The van der Waals surface area contributed by atoms with E-state index < -0.39 is 10.8 Å². The number of nitrogens with two attached hydrogens (primary N) is 1. The van der Waals surface area contributed by atoms with Crippen molar-refractivity contribution in [2.75, 3.05) is 18.5 Å². The Bertz CT molecular complexity index is 477. The standard InChI is InChI=1S/C13H21N3O2S/c1-4-5-11-6-10(7-12(14)16-11)13(17)15-8-9(2)19(3)18/h6-7,9H,4-5,8H2,1-3H3,(H2,14,16)(H,15,17). The van der Waals surface area contributed by atoms with Gasteiger partial charge < -0.3 is 11.1 Å². The molecule has 0 spiro atoms. The summed E-state index contributed by atoms with van der Waals surface area (Å²) in [6, 6.07) is 3.31. The first-order chi connectivity index (χ1) is 8.93. The molecule has 3 N–H and O–H groups in total. The number of carbonyl (C=O) groups excluding carboxylic acids is 1. The predicted molar refractivity (Wildman–Crippen MR) is 78.5 cm³/mol. The van der Waals surface area contributed by atoms with Gasteiger partial charge in [0.1, 0.15) is 5.82 Å². The number of pyridine rings is 1. The van der Waals surface area contributed by atoms with Gasteiger partial charge in [-0.1, -0.05) is 13.3 Å². The fraction of sp³-hybridized carbons (Fsp3) is 0.538. The highest BCUT2D eigenvalue weighted by molar-refractivity contribution is 7.84. The molecule has 6 heteroatoms. The van der Waals surface area contributed by atoms with Crippen molar-refractivity contribution in [2.24, 2.45) is 0 Å². The minimum atomic E-state index is -0.947. The number of amides is 1. The van der Waals surface area contributed by atoms with Gasteiger partial charge >= 0.3 is 0 Å². The summed E-state index contributed by atoms with van der Waals surface area (Å²) in [6.45, 7) is 4.26. The number of rotatable bonds is 6. The Labute approximate surface area is 116 Å². The van der Waals surface area contributed by atoms with Crippen LogP contribution < -0.4 is 11.1 Å². The summed E-state index contributed by atoms with van der Waals surface area (Å²) < 4.78 is 11.2. The molecule has 0 saturated carbocycles. The van der Waals surface area contributed by atoms with Crippen molar-refractivity contribution in [3.8, 4) is 0 Å². The fourth-order valence-electron chi connectivity index (χ4n) is 1.58. The van der Waals surface area contributed by atoms with Crippen molar-refractivity contribution < 1.29 is 9.00 Å². The third-order valence-electron chi connectivity index (χ3n) is 2.78. The average molecular weight is 283 g/mol. The van der Waals surface area contributed by atoms with E-state index in [1.807, 2.05) is 13.8 Å². The van der Waals surface area contributed by atoms with Crippen LogP contribution in [0.4, 0.5) is 5.82 Å². The van der Waals surface area contributed by atoms with Gasteiger partial charge in [0.15, 0.2) is 0 Å². The molecule has 0 radical (unpaired) electrons. The summed E-state index contributed by atoms with van der Waals surface area (Å²) in [5.41, 5.74) is 7.02. The first-order valence-electron chi connectivity index (χ1n) is 6.31. The number of aryl methyl sites for hydroxylation is 1. The van der Waals surface area contributed by atoms with E-state index in [1.165, 1.54) is 0 Å². The maximum Gasteiger partial charge on any atom is 0.251 e. The smallest absolute Gasteiger partial charge is 0.251 e. The van der Waals surface area contributed by atoms with Gasteiger partial charge in [-0.15, -0.1) is 0 Å². The molecular weight excluding hydrogens is 262 g/mol. The van der Waals surface area contributed by atoms with Crippen LogP contribution in [0.3, 0.4) is 0 Å². The van der Waals surface area contributed by atoms with Crippen LogP contribution in [-0.2, 0) is 17.2 Å². The monoisotopic (exact) mass is 283 g/mol. The van der Waals surface area contributed by atoms with Crippen LogP contribution in [0.15, 0.2) is 12.1 Å². The molecule has 2 atom stereocenters. The highest BCUT2D eigenvalue weighted by atomic mass is 32.2. The van der Waals surface area contributed by atoms with Gasteiger partial charge in [0.05, 0.1) is 0 Å². The molecule has 0 fully saturated rings. The van der Waals surface area contributed by atoms with Crippen LogP contribution in [-0.4, -0.2) is 33.2 Å². The molecule has 106 valence electrons. The van der Waals surface area contributed by atoms with Crippen molar-refractivity contribution >= 4 is 22.5 Å². The molecule has 19 heavy (non-hydrogen) atoms. The molecule has 0 aliphatic rings. The van der Waals surface area contributed by atoms with Gasteiger partial charge in [0.25, 0.3) is 5.91 Å². The number of nitrogens with one attached hydrogen (secondary N) is 1. The number of anilines is 1. The molecule has 0 aromatic carbocycles. The lowest BCUT2D eigenvalue weighted by Gasteiger charge is -2.11. The Balaban J connectivity index is 2.73. The van der Waals surface area contributed by atoms with Crippen molar-refractivity contribution in [1.29, 1.82) is 0 Å². The second kappa shape index (κ2) is 7.23. The number of hydrogen-bond donors (Lipinski definition) is 2. The second-order valence-electron chi connectivity index (χ2n) is 4.54. The number of carbonyl (C=O) groups is 1. The number of nitrogen functional groups attached to an aromatic ring is 1. The van der Waals surface area contributed by atoms with Crippen molar-refractivity contribution in [3.05, 3.63) is 23.4 Å². The van der Waals surface area contributed by atoms with E-state index in [4.69, 9.17) is 5.73 Å². The van der Waals surface area contributed by atoms with E-state index in [2.05, 4.69) is 10.3 Å². The molecule has 1 aromatic heterocycles. The number of hydrogen-bond acceptors (Lipinski definition) is 4. The highest BCUT2D eigenvalue weighted by Crippen LogP contribution is 2.09. The van der Waals surface area contributed by atoms with Crippen LogP contribution in [0, 0.1) is 0 Å². The quantitative estimate of drug-likeness (QED) is 0.819. The summed E-state index contributed by atoms with van der Waals surface area (Å²) >= 11 is 0. The predicted octanol–water partition coefficient (Wildman–Crippen LogP) is 1.11. The molecule has 0 aliphatic heterocycles. The Kier molecular flexibility index (Phi) is 5.95. The SMILES string of the molecule is CCCc1cc(C(=O)NCC(C)S(C)=O)cc(N)n1. The molecule has 0 aliphatic carbocycles. The van der Waals surface area contributed by atoms with Gasteiger partial charge in [-0.05, 0) is 25.5 Å². The van der Waals surface area contributed by atoms with Gasteiger partial charge in [-0.25, -0.2) is 4.98 Å². The van der Waals surface area contributed by atoms with Crippen molar-refractivity contribution in [3.63, 3.8) is 0 Å². The number of nitrogens with zero attached hydrogens (tertiary/aromatic N) is 1. The Morgan fingerprint density at radius 2 is 2.21 bits per heavy atom. The summed E-state index contributed by atoms with van der Waals surface area (Å²) in [6.07, 6.45) is 3.37. The van der Waals surface area contributed by atoms with Crippen molar-refractivity contribution in [1.82, 2.24) is 10.3 Å². The number of aromatic nitrogens is 1. The molecule has 0 bridgehead atoms. The highest BCUT2D eigenvalue weighted by Gasteiger charge is 2.11. The molecule has 1 heterocycles. The lowest BCUT2D eigenvalue weighted by molar-refractivity contribution is 0.0954. The maximum atomic E-state index is 12.0. The molecule has 5 nitrogen and oxygen atoms in total. The molecule has 1 rings (SSSR count). The van der Waals surface area contributed by atoms with E-state index in [0.29, 0.717) is 17.9 Å². The van der Waals surface area contributed by atoms with Crippen LogP contribution in [0.2, 0.25) is 0 Å². The van der Waals surface area contributed by atoms with Gasteiger partial charge in [-0.3, -0.25) is 9.00 Å². The lowest BCUT2D eigenvalue weighted by Crippen LogP contribution is -2.32. The summed E-state index contributed by atoms with van der Waals surface area (Å²) in [5, 5.41) is 2.69. The molecular formula is C13H21N3O2S. The minimum Gasteiger partial charge on any atom is -0.384 e. The zero-order valence-corrected chi connectivity index (χ0v) is 12.4. The Morgan fingerprint density at radius 1 is 1.53 bits per heavy atom. The molecule has 2 unspecified atom stereocenters. The first kappa shape index (κ1) is 15.6. The van der Waals surface area contributed by atoms with E-state index >= 15 is 0 Å². The lowest BCUT2D eigenvalue weighted by atomic mass is 10.1. The topological polar surface area (TPSA) is 85.1 Å². The molecule has 0 saturated heterocycles. The van der Waals surface area contributed by atoms with Crippen LogP contribution in [0.1, 0.15) is 36.3 Å². The second-order valence-corrected chi connectivity index (χ2v) is 6.34. The van der Waals surface area contributed by atoms with E-state index in [0.717, 1.165) is 18.5 Å². The fourth-order valence-corrected chi connectivity index (χ4v) is 1.90. The third-order valence-corrected chi connectivity index (χ3v) is 4.08. The van der Waals surface area contributed by atoms with Crippen molar-refractivity contribution in [2.45, 2.75) is 31.9 Å². The van der Waals surface area contributed by atoms with E-state index in [9.17, 15) is 9.00 Å². The molecule has 1 amide bonds. The minimum absolute atomic E-state index is 0.0711.